The van der Waals surface area contributed by atoms with Crippen LogP contribution in [-0.4, -0.2) is 64.0 Å². The number of morpholine rings is 1. The number of carbonyl (C=O) groups is 1. The van der Waals surface area contributed by atoms with Crippen LogP contribution in [0.25, 0.3) is 0 Å². The molecule has 1 heterocycles. The van der Waals surface area contributed by atoms with Gasteiger partial charge in [-0.2, -0.15) is 0 Å². The van der Waals surface area contributed by atoms with Crippen LogP contribution in [0.5, 0.6) is 0 Å². The highest BCUT2D eigenvalue weighted by atomic mass is 32.2. The summed E-state index contributed by atoms with van der Waals surface area (Å²) in [6.45, 7) is 5.81. The highest BCUT2D eigenvalue weighted by molar-refractivity contribution is 7.88. The lowest BCUT2D eigenvalue weighted by atomic mass is 10.2. The third-order valence-corrected chi connectivity index (χ3v) is 3.43. The normalized spacial score (nSPS) is 24.3. The fourth-order valence-corrected chi connectivity index (χ4v) is 2.51. The Kier molecular flexibility index (Phi) is 6.02. The molecule has 112 valence electrons. The van der Waals surface area contributed by atoms with Crippen LogP contribution >= 0.6 is 0 Å². The molecule has 0 aromatic rings. The number of nitrogens with one attached hydrogen (secondary N) is 2. The lowest BCUT2D eigenvalue weighted by Crippen LogP contribution is -2.51. The van der Waals surface area contributed by atoms with Gasteiger partial charge in [-0.15, -0.1) is 0 Å². The van der Waals surface area contributed by atoms with E-state index in [-0.39, 0.29) is 18.2 Å². The van der Waals surface area contributed by atoms with Crippen molar-refractivity contribution < 1.29 is 17.9 Å². The van der Waals surface area contributed by atoms with Gasteiger partial charge in [0.25, 0.3) is 0 Å². The molecule has 8 heteroatoms. The third kappa shape index (κ3) is 6.74. The van der Waals surface area contributed by atoms with Crippen molar-refractivity contribution in [2.75, 3.05) is 32.4 Å². The Morgan fingerprint density at radius 3 is 2.37 bits per heavy atom. The van der Waals surface area contributed by atoms with Crippen LogP contribution in [0.1, 0.15) is 20.3 Å². The van der Waals surface area contributed by atoms with Gasteiger partial charge >= 0.3 is 6.03 Å². The van der Waals surface area contributed by atoms with E-state index in [0.717, 1.165) is 6.26 Å². The highest BCUT2D eigenvalue weighted by Gasteiger charge is 2.25. The Balaban J connectivity index is 2.20. The summed E-state index contributed by atoms with van der Waals surface area (Å²) in [5, 5.41) is 2.78. The Morgan fingerprint density at radius 2 is 1.84 bits per heavy atom. The van der Waals surface area contributed by atoms with Gasteiger partial charge in [0.2, 0.25) is 10.0 Å². The zero-order valence-corrected chi connectivity index (χ0v) is 12.5. The average molecular weight is 293 g/mol. The van der Waals surface area contributed by atoms with Gasteiger partial charge in [-0.1, -0.05) is 0 Å². The summed E-state index contributed by atoms with van der Waals surface area (Å²) in [6, 6.07) is -0.124. The van der Waals surface area contributed by atoms with Gasteiger partial charge in [0.15, 0.2) is 0 Å². The molecule has 0 aliphatic carbocycles. The van der Waals surface area contributed by atoms with Crippen molar-refractivity contribution in [1.29, 1.82) is 0 Å². The van der Waals surface area contributed by atoms with Crippen molar-refractivity contribution >= 4 is 16.1 Å². The molecule has 1 saturated heterocycles. The standard InChI is InChI=1S/C11H23N3O4S/c1-9-7-14(8-10(2)18-9)11(15)12-5-4-6-13-19(3,16)17/h9-10,13H,4-8H2,1-3H3,(H,12,15)/t9-,10-/m1/s1. The molecule has 0 bridgehead atoms. The summed E-state index contributed by atoms with van der Waals surface area (Å²) in [6.07, 6.45) is 1.76. The predicted octanol–water partition coefficient (Wildman–Crippen LogP) is -0.255. The van der Waals surface area contributed by atoms with Gasteiger partial charge in [-0.05, 0) is 20.3 Å². The molecule has 2 amide bonds. The quantitative estimate of drug-likeness (QED) is 0.684. The molecule has 2 N–H and O–H groups in total. The van der Waals surface area contributed by atoms with Gasteiger partial charge in [0.1, 0.15) is 0 Å². The molecule has 0 saturated carbocycles. The molecule has 19 heavy (non-hydrogen) atoms. The van der Waals surface area contributed by atoms with E-state index in [4.69, 9.17) is 4.74 Å². The second kappa shape index (κ2) is 7.06. The Hall–Kier alpha value is -0.860. The maximum Gasteiger partial charge on any atom is 0.317 e. The van der Waals surface area contributed by atoms with E-state index < -0.39 is 10.0 Å². The minimum Gasteiger partial charge on any atom is -0.372 e. The maximum absolute atomic E-state index is 11.9. The van der Waals surface area contributed by atoms with E-state index in [1.54, 1.807) is 4.90 Å². The molecule has 1 aliphatic heterocycles. The molecule has 0 unspecified atom stereocenters. The summed E-state index contributed by atoms with van der Waals surface area (Å²) in [7, 11) is -3.15. The average Bonchev–Trinajstić information content (AvgIpc) is 2.25. The fourth-order valence-electron chi connectivity index (χ4n) is 2.00. The first-order valence-electron chi connectivity index (χ1n) is 6.41. The fraction of sp³-hybridized carbons (Fsp3) is 0.909. The molecule has 0 aromatic heterocycles. The molecule has 0 spiro atoms. The van der Waals surface area contributed by atoms with Crippen LogP contribution in [0.4, 0.5) is 4.79 Å². The van der Waals surface area contributed by atoms with Crippen molar-refractivity contribution in [1.82, 2.24) is 14.9 Å². The van der Waals surface area contributed by atoms with Crippen molar-refractivity contribution in [3.05, 3.63) is 0 Å². The Bertz CT molecular complexity index is 389. The number of urea groups is 1. The number of amides is 2. The first-order valence-corrected chi connectivity index (χ1v) is 8.30. The zero-order valence-electron chi connectivity index (χ0n) is 11.7. The van der Waals surface area contributed by atoms with Crippen molar-refractivity contribution in [3.8, 4) is 0 Å². The minimum absolute atomic E-state index is 0.0430. The lowest BCUT2D eigenvalue weighted by molar-refractivity contribution is -0.0545. The third-order valence-electron chi connectivity index (χ3n) is 2.70. The van der Waals surface area contributed by atoms with E-state index in [1.807, 2.05) is 13.8 Å². The molecule has 1 rings (SSSR count). The monoisotopic (exact) mass is 293 g/mol. The summed E-state index contributed by atoms with van der Waals surface area (Å²) in [4.78, 5) is 13.6. The van der Waals surface area contributed by atoms with Gasteiger partial charge < -0.3 is 15.0 Å². The molecule has 0 aromatic carbocycles. The number of hydrogen-bond acceptors (Lipinski definition) is 4. The number of carbonyl (C=O) groups excluding carboxylic acids is 1. The number of ether oxygens (including phenoxy) is 1. The number of nitrogens with zero attached hydrogens (tertiary/aromatic N) is 1. The van der Waals surface area contributed by atoms with Crippen LogP contribution in [0.2, 0.25) is 0 Å². The van der Waals surface area contributed by atoms with Crippen LogP contribution in [0.15, 0.2) is 0 Å². The molecular weight excluding hydrogens is 270 g/mol. The number of rotatable bonds is 5. The Labute approximate surface area is 114 Å². The van der Waals surface area contributed by atoms with Gasteiger partial charge in [0, 0.05) is 26.2 Å². The van der Waals surface area contributed by atoms with Crippen LogP contribution in [-0.2, 0) is 14.8 Å². The lowest BCUT2D eigenvalue weighted by Gasteiger charge is -2.35. The topological polar surface area (TPSA) is 87.7 Å². The van der Waals surface area contributed by atoms with E-state index in [1.165, 1.54) is 0 Å². The Morgan fingerprint density at radius 1 is 1.26 bits per heavy atom. The summed E-state index contributed by atoms with van der Waals surface area (Å²) >= 11 is 0. The predicted molar refractivity (Wildman–Crippen MR) is 72.4 cm³/mol. The molecule has 7 nitrogen and oxygen atoms in total. The van der Waals surface area contributed by atoms with E-state index in [9.17, 15) is 13.2 Å². The second-order valence-corrected chi connectivity index (χ2v) is 6.75. The first-order chi connectivity index (χ1) is 8.78. The molecule has 0 radical (unpaired) electrons. The molecule has 1 aliphatic rings. The maximum atomic E-state index is 11.9. The van der Waals surface area contributed by atoms with Crippen LogP contribution in [0, 0.1) is 0 Å². The van der Waals surface area contributed by atoms with Crippen molar-refractivity contribution in [3.63, 3.8) is 0 Å². The van der Waals surface area contributed by atoms with Crippen molar-refractivity contribution in [2.45, 2.75) is 32.5 Å². The SMILES string of the molecule is C[C@@H]1CN(C(=O)NCCCNS(C)(=O)=O)C[C@@H](C)O1. The molecule has 2 atom stereocenters. The highest BCUT2D eigenvalue weighted by Crippen LogP contribution is 2.10. The van der Waals surface area contributed by atoms with Crippen molar-refractivity contribution in [2.24, 2.45) is 0 Å². The van der Waals surface area contributed by atoms with Crippen LogP contribution < -0.4 is 10.0 Å². The smallest absolute Gasteiger partial charge is 0.317 e. The largest absolute Gasteiger partial charge is 0.372 e. The van der Waals surface area contributed by atoms with E-state index >= 15 is 0 Å². The van der Waals surface area contributed by atoms with E-state index in [0.29, 0.717) is 32.6 Å². The van der Waals surface area contributed by atoms with Gasteiger partial charge in [0.05, 0.1) is 18.5 Å². The molecular formula is C11H23N3O4S. The zero-order chi connectivity index (χ0) is 14.5. The minimum atomic E-state index is -3.15. The summed E-state index contributed by atoms with van der Waals surface area (Å²) in [5.41, 5.74) is 0. The van der Waals surface area contributed by atoms with E-state index in [2.05, 4.69) is 10.0 Å². The number of hydrogen-bond donors (Lipinski definition) is 2. The summed E-state index contributed by atoms with van der Waals surface area (Å²) < 4.78 is 29.6. The van der Waals surface area contributed by atoms with Gasteiger partial charge in [-0.25, -0.2) is 17.9 Å². The number of sulfonamides is 1. The van der Waals surface area contributed by atoms with Crippen LogP contribution in [0.3, 0.4) is 0 Å². The second-order valence-electron chi connectivity index (χ2n) is 4.91. The summed E-state index contributed by atoms with van der Waals surface area (Å²) in [5.74, 6) is 0. The first kappa shape index (κ1) is 16.2. The molecule has 1 fully saturated rings. The van der Waals surface area contributed by atoms with Gasteiger partial charge in [-0.3, -0.25) is 0 Å².